The van der Waals surface area contributed by atoms with Crippen molar-refractivity contribution in [2.24, 2.45) is 0 Å². The number of benzene rings is 1. The summed E-state index contributed by atoms with van der Waals surface area (Å²) in [5.74, 6) is -0.507. The molecule has 0 aliphatic carbocycles. The van der Waals surface area contributed by atoms with E-state index in [4.69, 9.17) is 20.8 Å². The van der Waals surface area contributed by atoms with Gasteiger partial charge in [0, 0.05) is 17.4 Å². The average molecular weight is 388 g/mol. The molecule has 1 amide bonds. The summed E-state index contributed by atoms with van der Waals surface area (Å²) in [6.07, 6.45) is 3.44. The first-order valence-electron chi connectivity index (χ1n) is 8.29. The van der Waals surface area contributed by atoms with Crippen molar-refractivity contribution < 1.29 is 18.7 Å². The highest BCUT2D eigenvalue weighted by molar-refractivity contribution is 6.30. The van der Waals surface area contributed by atoms with E-state index in [2.05, 4.69) is 10.4 Å². The molecule has 2 heterocycles. The molecule has 3 rings (SSSR count). The van der Waals surface area contributed by atoms with Gasteiger partial charge in [0.25, 0.3) is 5.91 Å². The molecule has 3 aromatic rings. The van der Waals surface area contributed by atoms with Crippen molar-refractivity contribution in [1.82, 2.24) is 15.1 Å². The molecule has 7 nitrogen and oxygen atoms in total. The number of esters is 1. The zero-order valence-corrected chi connectivity index (χ0v) is 15.3. The van der Waals surface area contributed by atoms with Gasteiger partial charge in [-0.25, -0.2) is 4.79 Å². The zero-order valence-electron chi connectivity index (χ0n) is 14.6. The minimum Gasteiger partial charge on any atom is -0.452 e. The molecule has 27 heavy (non-hydrogen) atoms. The van der Waals surface area contributed by atoms with E-state index in [0.717, 1.165) is 5.56 Å². The Morgan fingerprint density at radius 2 is 2.04 bits per heavy atom. The average Bonchev–Trinajstić information content (AvgIpc) is 3.33. The number of amides is 1. The van der Waals surface area contributed by atoms with Gasteiger partial charge >= 0.3 is 5.97 Å². The van der Waals surface area contributed by atoms with Gasteiger partial charge in [-0.1, -0.05) is 23.7 Å². The highest BCUT2D eigenvalue weighted by Crippen LogP contribution is 2.16. The Bertz CT molecular complexity index is 903. The lowest BCUT2D eigenvalue weighted by Crippen LogP contribution is -2.31. The monoisotopic (exact) mass is 387 g/mol. The molecule has 0 saturated carbocycles. The zero-order chi connectivity index (χ0) is 19.2. The largest absolute Gasteiger partial charge is 0.452 e. The summed E-state index contributed by atoms with van der Waals surface area (Å²) in [6.45, 7) is 1.84. The molecule has 0 spiro atoms. The van der Waals surface area contributed by atoms with E-state index in [1.807, 2.05) is 19.1 Å². The molecule has 0 fully saturated rings. The third-order valence-corrected chi connectivity index (χ3v) is 4.07. The predicted octanol–water partition coefficient (Wildman–Crippen LogP) is 3.21. The van der Waals surface area contributed by atoms with Gasteiger partial charge in [0.2, 0.25) is 5.76 Å². The van der Waals surface area contributed by atoms with Gasteiger partial charge in [-0.15, -0.1) is 0 Å². The Balaban J connectivity index is 1.47. The normalized spacial score (nSPS) is 11.8. The van der Waals surface area contributed by atoms with Crippen LogP contribution in [0.15, 0.2) is 59.3 Å². The SMILES string of the molecule is CC(NC(=O)COC(=O)c1ccc(Cn2cccn2)o1)c1ccc(Cl)cc1. The molecule has 1 atom stereocenters. The van der Waals surface area contributed by atoms with Crippen LogP contribution in [0.25, 0.3) is 0 Å². The third kappa shape index (κ3) is 5.21. The van der Waals surface area contributed by atoms with E-state index in [1.165, 1.54) is 6.07 Å². The number of aromatic nitrogens is 2. The number of rotatable bonds is 7. The van der Waals surface area contributed by atoms with Gasteiger partial charge in [0.05, 0.1) is 12.6 Å². The maximum Gasteiger partial charge on any atom is 0.374 e. The number of hydrogen-bond acceptors (Lipinski definition) is 5. The summed E-state index contributed by atoms with van der Waals surface area (Å²) < 4.78 is 12.1. The lowest BCUT2D eigenvalue weighted by atomic mass is 10.1. The minimum absolute atomic E-state index is 0.0377. The smallest absolute Gasteiger partial charge is 0.374 e. The number of carbonyl (C=O) groups excluding carboxylic acids is 2. The van der Waals surface area contributed by atoms with Crippen LogP contribution in [-0.4, -0.2) is 28.3 Å². The van der Waals surface area contributed by atoms with Gasteiger partial charge in [-0.2, -0.15) is 5.10 Å². The van der Waals surface area contributed by atoms with Gasteiger partial charge in [0.1, 0.15) is 5.76 Å². The first kappa shape index (κ1) is 18.7. The number of ether oxygens (including phenoxy) is 1. The van der Waals surface area contributed by atoms with Gasteiger partial charge in [-0.3, -0.25) is 9.48 Å². The summed E-state index contributed by atoms with van der Waals surface area (Å²) >= 11 is 5.85. The van der Waals surface area contributed by atoms with Gasteiger partial charge in [0.15, 0.2) is 6.61 Å². The molecule has 1 N–H and O–H groups in total. The number of carbonyl (C=O) groups is 2. The fourth-order valence-corrected chi connectivity index (χ4v) is 2.57. The van der Waals surface area contributed by atoms with Crippen molar-refractivity contribution in [3.63, 3.8) is 0 Å². The topological polar surface area (TPSA) is 86.4 Å². The third-order valence-electron chi connectivity index (χ3n) is 3.82. The Morgan fingerprint density at radius 1 is 1.26 bits per heavy atom. The lowest BCUT2D eigenvalue weighted by Gasteiger charge is -2.14. The molecule has 140 valence electrons. The standard InChI is InChI=1S/C19H18ClN3O4/c1-13(14-3-5-15(20)6-4-14)22-18(24)12-26-19(25)17-8-7-16(27-17)11-23-10-2-9-21-23/h2-10,13H,11-12H2,1H3,(H,22,24). The van der Waals surface area contributed by atoms with E-state index in [9.17, 15) is 9.59 Å². The first-order chi connectivity index (χ1) is 13.0. The second-order valence-corrected chi connectivity index (χ2v) is 6.32. The molecular formula is C19H18ClN3O4. The van der Waals surface area contributed by atoms with E-state index >= 15 is 0 Å². The molecule has 2 aromatic heterocycles. The van der Waals surface area contributed by atoms with Gasteiger partial charge < -0.3 is 14.5 Å². The number of halogens is 1. The molecule has 0 bridgehead atoms. The van der Waals surface area contributed by atoms with Crippen LogP contribution in [0.3, 0.4) is 0 Å². The number of furan rings is 1. The second-order valence-electron chi connectivity index (χ2n) is 5.89. The number of nitrogens with one attached hydrogen (secondary N) is 1. The van der Waals surface area contributed by atoms with E-state index < -0.39 is 18.5 Å². The van der Waals surface area contributed by atoms with E-state index in [-0.39, 0.29) is 11.8 Å². The molecule has 0 aliphatic heterocycles. The van der Waals surface area contributed by atoms with Crippen LogP contribution in [0.1, 0.15) is 34.8 Å². The van der Waals surface area contributed by atoms with Crippen molar-refractivity contribution in [1.29, 1.82) is 0 Å². The van der Waals surface area contributed by atoms with Crippen LogP contribution in [0, 0.1) is 0 Å². The minimum atomic E-state index is -0.698. The van der Waals surface area contributed by atoms with Crippen LogP contribution in [-0.2, 0) is 16.1 Å². The molecule has 1 aromatic carbocycles. The fraction of sp³-hybridized carbons (Fsp3) is 0.211. The van der Waals surface area contributed by atoms with Gasteiger partial charge in [-0.05, 0) is 42.8 Å². The van der Waals surface area contributed by atoms with Crippen molar-refractivity contribution in [2.75, 3.05) is 6.61 Å². The summed E-state index contributed by atoms with van der Waals surface area (Å²) in [5.41, 5.74) is 0.897. The maximum atomic E-state index is 12.0. The summed E-state index contributed by atoms with van der Waals surface area (Å²) in [4.78, 5) is 24.0. The molecule has 0 saturated heterocycles. The van der Waals surface area contributed by atoms with Crippen molar-refractivity contribution in [3.8, 4) is 0 Å². The molecule has 0 aliphatic rings. The Labute approximate surface area is 160 Å². The maximum absolute atomic E-state index is 12.0. The first-order valence-corrected chi connectivity index (χ1v) is 8.67. The van der Waals surface area contributed by atoms with E-state index in [0.29, 0.717) is 17.3 Å². The number of nitrogens with zero attached hydrogens (tertiary/aromatic N) is 2. The van der Waals surface area contributed by atoms with Crippen LogP contribution in [0.4, 0.5) is 0 Å². The van der Waals surface area contributed by atoms with Crippen molar-refractivity contribution in [3.05, 3.63) is 77.0 Å². The van der Waals surface area contributed by atoms with Crippen LogP contribution in [0.5, 0.6) is 0 Å². The van der Waals surface area contributed by atoms with Crippen LogP contribution < -0.4 is 5.32 Å². The van der Waals surface area contributed by atoms with Crippen molar-refractivity contribution in [2.45, 2.75) is 19.5 Å². The predicted molar refractivity (Wildman–Crippen MR) is 98.3 cm³/mol. The lowest BCUT2D eigenvalue weighted by molar-refractivity contribution is -0.124. The second kappa shape index (κ2) is 8.55. The van der Waals surface area contributed by atoms with Crippen molar-refractivity contribution >= 4 is 23.5 Å². The summed E-state index contributed by atoms with van der Waals surface area (Å²) in [7, 11) is 0. The Kier molecular flexibility index (Phi) is 5.93. The molecule has 1 unspecified atom stereocenters. The summed E-state index contributed by atoms with van der Waals surface area (Å²) in [5, 5.41) is 7.44. The highest BCUT2D eigenvalue weighted by Gasteiger charge is 2.16. The van der Waals surface area contributed by atoms with Crippen LogP contribution >= 0.6 is 11.6 Å². The quantitative estimate of drug-likeness (QED) is 0.629. The molecule has 0 radical (unpaired) electrons. The van der Waals surface area contributed by atoms with Crippen LogP contribution in [0.2, 0.25) is 5.02 Å². The highest BCUT2D eigenvalue weighted by atomic mass is 35.5. The fourth-order valence-electron chi connectivity index (χ4n) is 2.45. The Hall–Kier alpha value is -3.06. The summed E-state index contributed by atoms with van der Waals surface area (Å²) in [6, 6.07) is 11.9. The Morgan fingerprint density at radius 3 is 2.74 bits per heavy atom. The molecular weight excluding hydrogens is 370 g/mol. The molecule has 8 heteroatoms. The number of hydrogen-bond donors (Lipinski definition) is 1. The van der Waals surface area contributed by atoms with E-state index in [1.54, 1.807) is 41.3 Å².